The number of hydrogen-bond acceptors (Lipinski definition) is 3. The second-order valence-electron chi connectivity index (χ2n) is 4.68. The van der Waals surface area contributed by atoms with Crippen molar-refractivity contribution in [1.29, 1.82) is 0 Å². The number of hydrogen-bond donors (Lipinski definition) is 1. The molecule has 22 heavy (non-hydrogen) atoms. The molecule has 0 aliphatic heterocycles. The van der Waals surface area contributed by atoms with Gasteiger partial charge in [0.15, 0.2) is 0 Å². The summed E-state index contributed by atoms with van der Waals surface area (Å²) in [5.41, 5.74) is 1.43. The fourth-order valence-electron chi connectivity index (χ4n) is 1.81. The summed E-state index contributed by atoms with van der Waals surface area (Å²) in [7, 11) is 0. The number of carbonyl (C=O) groups excluding carboxylic acids is 2. The predicted molar refractivity (Wildman–Crippen MR) is 86.4 cm³/mol. The Morgan fingerprint density at radius 2 is 1.82 bits per heavy atom. The number of amides is 1. The van der Waals surface area contributed by atoms with Crippen LogP contribution in [0.3, 0.4) is 0 Å². The molecule has 0 spiro atoms. The largest absolute Gasteiger partial charge is 0.462 e. The van der Waals surface area contributed by atoms with Gasteiger partial charge in [-0.15, -0.1) is 0 Å². The van der Waals surface area contributed by atoms with Crippen molar-refractivity contribution in [1.82, 2.24) is 0 Å². The molecule has 5 heteroatoms. The first-order chi connectivity index (χ1) is 10.6. The number of carbonyl (C=O) groups is 2. The third-order valence-corrected chi connectivity index (χ3v) is 3.15. The molecule has 1 N–H and O–H groups in total. The standard InChI is InChI=1S/C17H16ClNO3/c1-2-10-22-17(21)13-4-3-5-15(11-13)19-16(20)12-6-8-14(18)9-7-12/h3-9,11H,2,10H2,1H3,(H,19,20). The van der Waals surface area contributed by atoms with Crippen LogP contribution in [-0.2, 0) is 4.74 Å². The van der Waals surface area contributed by atoms with Crippen LogP contribution < -0.4 is 5.32 Å². The zero-order valence-electron chi connectivity index (χ0n) is 12.1. The molecule has 2 aromatic rings. The van der Waals surface area contributed by atoms with Gasteiger partial charge in [0.2, 0.25) is 0 Å². The van der Waals surface area contributed by atoms with Crippen LogP contribution in [0.15, 0.2) is 48.5 Å². The van der Waals surface area contributed by atoms with E-state index in [9.17, 15) is 9.59 Å². The Morgan fingerprint density at radius 1 is 1.09 bits per heavy atom. The lowest BCUT2D eigenvalue weighted by Crippen LogP contribution is -2.12. The normalized spacial score (nSPS) is 10.1. The van der Waals surface area contributed by atoms with Crippen molar-refractivity contribution in [3.8, 4) is 0 Å². The topological polar surface area (TPSA) is 55.4 Å². The smallest absolute Gasteiger partial charge is 0.338 e. The molecule has 4 nitrogen and oxygen atoms in total. The van der Waals surface area contributed by atoms with E-state index in [0.717, 1.165) is 6.42 Å². The number of benzene rings is 2. The van der Waals surface area contributed by atoms with Crippen LogP contribution in [-0.4, -0.2) is 18.5 Å². The van der Waals surface area contributed by atoms with Crippen LogP contribution >= 0.6 is 11.6 Å². The molecular formula is C17H16ClNO3. The van der Waals surface area contributed by atoms with Crippen LogP contribution in [0.1, 0.15) is 34.1 Å². The maximum atomic E-state index is 12.1. The van der Waals surface area contributed by atoms with Crippen LogP contribution in [0.25, 0.3) is 0 Å². The van der Waals surface area contributed by atoms with Crippen LogP contribution in [0.5, 0.6) is 0 Å². The minimum absolute atomic E-state index is 0.268. The minimum atomic E-state index is -0.399. The highest BCUT2D eigenvalue weighted by Gasteiger charge is 2.10. The summed E-state index contributed by atoms with van der Waals surface area (Å²) in [6.45, 7) is 2.30. The third kappa shape index (κ3) is 4.33. The highest BCUT2D eigenvalue weighted by molar-refractivity contribution is 6.30. The monoisotopic (exact) mass is 317 g/mol. The van der Waals surface area contributed by atoms with Crippen LogP contribution in [0.4, 0.5) is 5.69 Å². The van der Waals surface area contributed by atoms with Crippen molar-refractivity contribution in [2.24, 2.45) is 0 Å². The lowest BCUT2D eigenvalue weighted by molar-refractivity contribution is 0.0505. The average molecular weight is 318 g/mol. The maximum absolute atomic E-state index is 12.1. The van der Waals surface area contributed by atoms with Gasteiger partial charge in [-0.3, -0.25) is 4.79 Å². The molecule has 2 aromatic carbocycles. The van der Waals surface area contributed by atoms with Crippen LogP contribution in [0.2, 0.25) is 5.02 Å². The van der Waals surface area contributed by atoms with E-state index in [4.69, 9.17) is 16.3 Å². The molecule has 114 valence electrons. The van der Waals surface area contributed by atoms with Gasteiger partial charge in [0.05, 0.1) is 12.2 Å². The fourth-order valence-corrected chi connectivity index (χ4v) is 1.93. The average Bonchev–Trinajstić information content (AvgIpc) is 2.53. The fraction of sp³-hybridized carbons (Fsp3) is 0.176. The lowest BCUT2D eigenvalue weighted by Gasteiger charge is -2.08. The Hall–Kier alpha value is -2.33. The van der Waals surface area contributed by atoms with Gasteiger partial charge in [-0.25, -0.2) is 4.79 Å². The molecule has 0 atom stereocenters. The van der Waals surface area contributed by atoms with Gasteiger partial charge in [0.25, 0.3) is 5.91 Å². The second kappa shape index (κ2) is 7.61. The third-order valence-electron chi connectivity index (χ3n) is 2.90. The molecule has 0 saturated heterocycles. The molecule has 1 amide bonds. The first-order valence-electron chi connectivity index (χ1n) is 6.94. The Labute approximate surface area is 134 Å². The van der Waals surface area contributed by atoms with Crippen molar-refractivity contribution in [2.45, 2.75) is 13.3 Å². The van der Waals surface area contributed by atoms with Crippen molar-refractivity contribution < 1.29 is 14.3 Å². The molecule has 0 heterocycles. The molecule has 2 rings (SSSR count). The first-order valence-corrected chi connectivity index (χ1v) is 7.32. The summed E-state index contributed by atoms with van der Waals surface area (Å²) in [5, 5.41) is 3.31. The van der Waals surface area contributed by atoms with Gasteiger partial charge < -0.3 is 10.1 Å². The molecule has 0 aromatic heterocycles. The summed E-state index contributed by atoms with van der Waals surface area (Å²) < 4.78 is 5.07. The van der Waals surface area contributed by atoms with E-state index < -0.39 is 5.97 Å². The van der Waals surface area contributed by atoms with Gasteiger partial charge in [0.1, 0.15) is 0 Å². The van der Waals surface area contributed by atoms with Gasteiger partial charge in [-0.05, 0) is 48.9 Å². The van der Waals surface area contributed by atoms with Gasteiger partial charge in [0, 0.05) is 16.3 Å². The van der Waals surface area contributed by atoms with Crippen LogP contribution in [0, 0.1) is 0 Å². The lowest BCUT2D eigenvalue weighted by atomic mass is 10.1. The van der Waals surface area contributed by atoms with E-state index in [-0.39, 0.29) is 5.91 Å². The van der Waals surface area contributed by atoms with E-state index in [1.165, 1.54) is 0 Å². The Morgan fingerprint density at radius 3 is 2.50 bits per heavy atom. The Balaban J connectivity index is 2.08. The van der Waals surface area contributed by atoms with E-state index in [0.29, 0.717) is 28.4 Å². The molecular weight excluding hydrogens is 302 g/mol. The maximum Gasteiger partial charge on any atom is 0.338 e. The SMILES string of the molecule is CCCOC(=O)c1cccc(NC(=O)c2ccc(Cl)cc2)c1. The molecule has 0 aliphatic carbocycles. The second-order valence-corrected chi connectivity index (χ2v) is 5.11. The number of anilines is 1. The molecule has 0 fully saturated rings. The molecule has 0 radical (unpaired) electrons. The van der Waals surface area contributed by atoms with Gasteiger partial charge in [-0.2, -0.15) is 0 Å². The minimum Gasteiger partial charge on any atom is -0.462 e. The van der Waals surface area contributed by atoms with E-state index >= 15 is 0 Å². The summed E-state index contributed by atoms with van der Waals surface area (Å²) in [4.78, 5) is 23.9. The summed E-state index contributed by atoms with van der Waals surface area (Å²) in [6, 6.07) is 13.2. The summed E-state index contributed by atoms with van der Waals surface area (Å²) >= 11 is 5.79. The summed E-state index contributed by atoms with van der Waals surface area (Å²) in [5.74, 6) is -0.666. The van der Waals surface area contributed by atoms with Gasteiger partial charge in [-0.1, -0.05) is 24.6 Å². The van der Waals surface area contributed by atoms with E-state index in [1.807, 2.05) is 6.92 Å². The first kappa shape index (κ1) is 16.0. The van der Waals surface area contributed by atoms with Gasteiger partial charge >= 0.3 is 5.97 Å². The molecule has 0 aliphatic rings. The Kier molecular flexibility index (Phi) is 5.55. The number of rotatable bonds is 5. The zero-order valence-corrected chi connectivity index (χ0v) is 12.9. The van der Waals surface area contributed by atoms with Crippen molar-refractivity contribution >= 4 is 29.2 Å². The quantitative estimate of drug-likeness (QED) is 0.842. The molecule has 0 unspecified atom stereocenters. The number of halogens is 1. The number of esters is 1. The Bertz CT molecular complexity index is 668. The highest BCUT2D eigenvalue weighted by Crippen LogP contribution is 2.15. The zero-order chi connectivity index (χ0) is 15.9. The predicted octanol–water partition coefficient (Wildman–Crippen LogP) is 4.16. The van der Waals surface area contributed by atoms with Crippen molar-refractivity contribution in [3.63, 3.8) is 0 Å². The molecule has 0 saturated carbocycles. The van der Waals surface area contributed by atoms with Crippen molar-refractivity contribution in [3.05, 3.63) is 64.7 Å². The van der Waals surface area contributed by atoms with Crippen molar-refractivity contribution in [2.75, 3.05) is 11.9 Å². The highest BCUT2D eigenvalue weighted by atomic mass is 35.5. The van der Waals surface area contributed by atoms with E-state index in [1.54, 1.807) is 48.5 Å². The number of nitrogens with one attached hydrogen (secondary N) is 1. The number of ether oxygens (including phenoxy) is 1. The van der Waals surface area contributed by atoms with E-state index in [2.05, 4.69) is 5.32 Å². The summed E-state index contributed by atoms with van der Waals surface area (Å²) in [6.07, 6.45) is 0.763. The molecule has 0 bridgehead atoms.